The highest BCUT2D eigenvalue weighted by Gasteiger charge is 2.29. The van der Waals surface area contributed by atoms with Crippen LogP contribution in [0.1, 0.15) is 330 Å². The highest BCUT2D eigenvalue weighted by molar-refractivity contribution is 7.53. The summed E-state index contributed by atoms with van der Waals surface area (Å²) in [5, 5.41) is 13.6. The summed E-state index contributed by atoms with van der Waals surface area (Å²) < 4.78 is 78.4. The zero-order valence-corrected chi connectivity index (χ0v) is 65.2. The molecule has 0 radical (unpaired) electrons. The smallest absolute Gasteiger partial charge is 0.475 e. The second kappa shape index (κ2) is 73.3. The van der Waals surface area contributed by atoms with Gasteiger partial charge in [-0.1, -0.05) is 252 Å². The molecular formula is C76H148N4O17P2. The molecule has 584 valence electrons. The summed E-state index contributed by atoms with van der Waals surface area (Å²) in [5.41, 5.74) is 12.6. The van der Waals surface area contributed by atoms with Crippen LogP contribution >= 0.6 is 15.4 Å². The standard InChI is InChI=1S/C62H122N4O14P2.C14H26O3/c1-7-13-18-22-24-26-28-32-36-40-60(67)79-58(38-34-30-20-15-9-3)42-47-72-52-56(63)54-77-81(70,51-17-11-5)74-49-44-65-62(69)66-45-50-76-82(71,75-46-12-6)78-55-57(64)53-73-48-43-59(39-35-31-21-16-10-4)80-61(68)41-37-33-29-27-25-23-19-14-8-2;1-2-3-4-5-6-7-8-9-10-11-13(15)12-14(16)17/h11-12,56-59H,5-10,13-55,63-64H2,1-4H3,(H2,65,66,69);2-12H2,1H3,(H,16,17)/t56-,57-,58-,59-,81?,82?;/m1./s1. The second-order valence-electron chi connectivity index (χ2n) is 26.6. The Morgan fingerprint density at radius 1 is 0.424 bits per heavy atom. The van der Waals surface area contributed by atoms with E-state index in [4.69, 9.17) is 58.1 Å². The molecule has 0 bridgehead atoms. The maximum Gasteiger partial charge on any atom is 0.475 e. The van der Waals surface area contributed by atoms with Gasteiger partial charge in [-0.25, -0.2) is 9.36 Å². The van der Waals surface area contributed by atoms with E-state index < -0.39 is 39.5 Å². The molecule has 21 nitrogen and oxygen atoms in total. The lowest BCUT2D eigenvalue weighted by atomic mass is 10.0. The number of nitrogens with one attached hydrogen (secondary N) is 2. The number of phosphoric ester groups is 1. The maximum atomic E-state index is 13.6. The van der Waals surface area contributed by atoms with Crippen molar-refractivity contribution in [3.05, 3.63) is 25.3 Å². The number of urea groups is 1. The van der Waals surface area contributed by atoms with E-state index in [0.717, 1.165) is 109 Å². The van der Waals surface area contributed by atoms with Crippen molar-refractivity contribution >= 4 is 45.1 Å². The fraction of sp³-hybridized carbons (Fsp3) is 0.882. The Morgan fingerprint density at radius 2 is 0.788 bits per heavy atom. The van der Waals surface area contributed by atoms with Gasteiger partial charge in [-0.05, 0) is 51.4 Å². The fourth-order valence-electron chi connectivity index (χ4n) is 10.8. The third-order valence-corrected chi connectivity index (χ3v) is 20.1. The molecule has 0 aliphatic carbocycles. The van der Waals surface area contributed by atoms with Gasteiger partial charge in [0.05, 0.1) is 77.7 Å². The third-order valence-electron chi connectivity index (χ3n) is 16.8. The van der Waals surface area contributed by atoms with Crippen LogP contribution in [0.25, 0.3) is 0 Å². The van der Waals surface area contributed by atoms with Crippen molar-refractivity contribution < 1.29 is 79.8 Å². The first-order chi connectivity index (χ1) is 47.9. The van der Waals surface area contributed by atoms with Gasteiger partial charge in [0.2, 0.25) is 0 Å². The van der Waals surface area contributed by atoms with Crippen molar-refractivity contribution in [1.82, 2.24) is 10.6 Å². The predicted molar refractivity (Wildman–Crippen MR) is 402 cm³/mol. The number of carbonyl (C=O) groups is 5. The summed E-state index contributed by atoms with van der Waals surface area (Å²) in [5.74, 6) is -1.45. The summed E-state index contributed by atoms with van der Waals surface area (Å²) in [4.78, 5) is 59.5. The van der Waals surface area contributed by atoms with Crippen LogP contribution in [0.3, 0.4) is 0 Å². The quantitative estimate of drug-likeness (QED) is 0.0124. The highest BCUT2D eigenvalue weighted by atomic mass is 31.2. The van der Waals surface area contributed by atoms with Crippen LogP contribution < -0.4 is 22.1 Å². The van der Waals surface area contributed by atoms with Crippen LogP contribution in [0.2, 0.25) is 0 Å². The predicted octanol–water partition coefficient (Wildman–Crippen LogP) is 19.2. The number of ether oxygens (including phenoxy) is 4. The van der Waals surface area contributed by atoms with Gasteiger partial charge in [0.15, 0.2) is 0 Å². The molecule has 0 aromatic rings. The van der Waals surface area contributed by atoms with Gasteiger partial charge in [0.1, 0.15) is 24.4 Å². The molecule has 0 rings (SSSR count). The molecule has 99 heavy (non-hydrogen) atoms. The molecule has 0 heterocycles. The van der Waals surface area contributed by atoms with Crippen molar-refractivity contribution in [2.45, 2.75) is 354 Å². The average Bonchev–Trinajstić information content (AvgIpc) is 1.05. The van der Waals surface area contributed by atoms with Gasteiger partial charge in [-0.15, -0.1) is 13.2 Å². The van der Waals surface area contributed by atoms with Crippen molar-refractivity contribution in [3.63, 3.8) is 0 Å². The number of esters is 2. The molecule has 0 aliphatic rings. The fourth-order valence-corrected chi connectivity index (χ4v) is 13.6. The normalized spacial score (nSPS) is 13.8. The van der Waals surface area contributed by atoms with E-state index in [9.17, 15) is 33.1 Å². The number of allylic oxidation sites excluding steroid dienone is 1. The molecule has 0 spiro atoms. The van der Waals surface area contributed by atoms with E-state index in [2.05, 4.69) is 58.4 Å². The van der Waals surface area contributed by atoms with Crippen LogP contribution in [-0.4, -0.2) is 138 Å². The largest absolute Gasteiger partial charge is 0.481 e. The van der Waals surface area contributed by atoms with Crippen LogP contribution in [0.4, 0.5) is 4.79 Å². The highest BCUT2D eigenvalue weighted by Crippen LogP contribution is 2.50. The number of Topliss-reactive ketones (excluding diaryl/α,β-unsaturated/α-hetero) is 1. The van der Waals surface area contributed by atoms with E-state index in [1.165, 1.54) is 147 Å². The van der Waals surface area contributed by atoms with E-state index >= 15 is 0 Å². The Bertz CT molecular complexity index is 1900. The lowest BCUT2D eigenvalue weighted by Crippen LogP contribution is -2.38. The summed E-state index contributed by atoms with van der Waals surface area (Å²) >= 11 is 0. The van der Waals surface area contributed by atoms with Crippen molar-refractivity contribution in [3.8, 4) is 0 Å². The van der Waals surface area contributed by atoms with Gasteiger partial charge in [-0.3, -0.25) is 37.3 Å². The number of rotatable bonds is 76. The number of amides is 2. The number of carbonyl (C=O) groups excluding carboxylic acids is 4. The zero-order chi connectivity index (χ0) is 73.4. The number of unbranched alkanes of at least 4 members (excludes halogenated alkanes) is 32. The number of hydrogen-bond acceptors (Lipinski definition) is 18. The van der Waals surface area contributed by atoms with E-state index in [1.54, 1.807) is 6.08 Å². The molecule has 0 saturated heterocycles. The molecule has 0 aromatic carbocycles. The monoisotopic (exact) mass is 1450 g/mol. The van der Waals surface area contributed by atoms with Crippen molar-refractivity contribution in [2.75, 3.05) is 78.7 Å². The minimum atomic E-state index is -4.11. The molecule has 6 atom stereocenters. The number of aliphatic carboxylic acids is 1. The molecule has 0 fully saturated rings. The second-order valence-corrected chi connectivity index (χ2v) is 30.5. The molecule has 2 amide bonds. The van der Waals surface area contributed by atoms with Crippen LogP contribution in [0, 0.1) is 0 Å². The molecule has 0 aromatic heterocycles. The third kappa shape index (κ3) is 70.4. The average molecular weight is 1450 g/mol. The molecule has 0 saturated carbocycles. The minimum Gasteiger partial charge on any atom is -0.481 e. The van der Waals surface area contributed by atoms with Gasteiger partial charge < -0.3 is 55.2 Å². The SMILES string of the molecule is C=CCCP(=O)(OCCNC(=O)NCCOP(=O)(OCC=C)OC[C@H](N)COCC[C@@H](CCCCCCC)OC(=O)CCCCCCCCCCC)OC[C@H](N)COCC[C@@H](CCCCCCC)OC(=O)CCCCCCCCCCC.CCCCCCCCCCCC(=O)CC(=O)O. The Kier molecular flexibility index (Phi) is 72.5. The summed E-state index contributed by atoms with van der Waals surface area (Å²) in [6.45, 7) is 18.5. The summed E-state index contributed by atoms with van der Waals surface area (Å²) in [6.07, 6.45) is 50.2. The number of carboxylic acids is 1. The van der Waals surface area contributed by atoms with Crippen molar-refractivity contribution in [1.29, 1.82) is 0 Å². The first-order valence-corrected chi connectivity index (χ1v) is 42.6. The van der Waals surface area contributed by atoms with Gasteiger partial charge in [0, 0.05) is 45.2 Å². The lowest BCUT2D eigenvalue weighted by Gasteiger charge is -2.21. The first-order valence-electron chi connectivity index (χ1n) is 39.4. The summed E-state index contributed by atoms with van der Waals surface area (Å²) in [7, 11) is -7.73. The maximum absolute atomic E-state index is 13.6. The van der Waals surface area contributed by atoms with Gasteiger partial charge >= 0.3 is 39.4 Å². The first kappa shape index (κ1) is 98.0. The van der Waals surface area contributed by atoms with E-state index in [0.29, 0.717) is 51.7 Å². The Hall–Kier alpha value is -3.07. The minimum absolute atomic E-state index is 0.00109. The van der Waals surface area contributed by atoms with Crippen molar-refractivity contribution in [2.24, 2.45) is 11.5 Å². The Morgan fingerprint density at radius 3 is 1.17 bits per heavy atom. The van der Waals surface area contributed by atoms with E-state index in [-0.39, 0.29) is 102 Å². The summed E-state index contributed by atoms with van der Waals surface area (Å²) in [6, 6.07) is -1.83. The number of phosphoric acid groups is 1. The molecule has 0 aliphatic heterocycles. The Balaban J connectivity index is 0. The molecular weight excluding hydrogens is 1300 g/mol. The number of carboxylic acid groups (broad SMARTS) is 1. The molecule has 23 heteroatoms. The van der Waals surface area contributed by atoms with Gasteiger partial charge in [-0.2, -0.15) is 0 Å². The number of nitrogens with two attached hydrogens (primary N) is 2. The molecule has 2 unspecified atom stereocenters. The zero-order valence-electron chi connectivity index (χ0n) is 63.4. The topological polar surface area (TPSA) is 299 Å². The number of ketones is 1. The molecule has 7 N–H and O–H groups in total. The van der Waals surface area contributed by atoms with E-state index in [1.807, 2.05) is 0 Å². The van der Waals surface area contributed by atoms with Gasteiger partial charge in [0.25, 0.3) is 0 Å². The lowest BCUT2D eigenvalue weighted by molar-refractivity contribution is -0.151. The number of hydrogen-bond donors (Lipinski definition) is 5. The van der Waals surface area contributed by atoms with Crippen LogP contribution in [-0.2, 0) is 69.9 Å². The Labute approximate surface area is 602 Å². The van der Waals surface area contributed by atoms with Crippen LogP contribution in [0.5, 0.6) is 0 Å². The van der Waals surface area contributed by atoms with Crippen LogP contribution in [0.15, 0.2) is 25.3 Å².